The van der Waals surface area contributed by atoms with Crippen molar-refractivity contribution in [2.45, 2.75) is 45.1 Å². The molecule has 0 radical (unpaired) electrons. The van der Waals surface area contributed by atoms with Crippen LogP contribution >= 0.6 is 11.6 Å². The quantitative estimate of drug-likeness (QED) is 0.140. The Morgan fingerprint density at radius 3 is 2.25 bits per heavy atom. The first kappa shape index (κ1) is 34.4. The van der Waals surface area contributed by atoms with E-state index >= 15 is 0 Å². The number of hydrogen-bond donors (Lipinski definition) is 3. The zero-order chi connectivity index (χ0) is 34.7. The van der Waals surface area contributed by atoms with E-state index < -0.39 is 27.1 Å². The number of rotatable bonds is 10. The topological polar surface area (TPSA) is 144 Å². The number of halogens is 1. The van der Waals surface area contributed by atoms with Gasteiger partial charge in [0.2, 0.25) is 5.95 Å². The molecule has 0 saturated heterocycles. The number of para-hydroxylation sites is 1. The summed E-state index contributed by atoms with van der Waals surface area (Å²) in [6.07, 6.45) is 2.43. The number of amides is 2. The zero-order valence-electron chi connectivity index (χ0n) is 27.2. The Bertz CT molecular complexity index is 2060. The van der Waals surface area contributed by atoms with E-state index in [9.17, 15) is 18.0 Å². The lowest BCUT2D eigenvalue weighted by molar-refractivity contribution is 0.0635. The van der Waals surface area contributed by atoms with E-state index in [0.29, 0.717) is 52.4 Å². The SMILES string of the molecule is CC(C)(CNC(=O)c1ccc(NC(=O)OC(C)(C)C)cc1)CNc1ncc(Cl)c(-c2cn(S(=O)(=O)c3ccccc3)c3ccccc23)n1. The molecule has 48 heavy (non-hydrogen) atoms. The van der Waals surface area contributed by atoms with Crippen LogP contribution in [-0.2, 0) is 14.8 Å². The average Bonchev–Trinajstić information content (AvgIpc) is 3.44. The van der Waals surface area contributed by atoms with E-state index in [1.807, 2.05) is 26.0 Å². The van der Waals surface area contributed by atoms with Gasteiger partial charge in [-0.2, -0.15) is 0 Å². The van der Waals surface area contributed by atoms with Crippen LogP contribution in [-0.4, -0.2) is 53.0 Å². The van der Waals surface area contributed by atoms with Crippen LogP contribution in [0.25, 0.3) is 22.2 Å². The van der Waals surface area contributed by atoms with E-state index in [1.54, 1.807) is 87.5 Å². The summed E-state index contributed by atoms with van der Waals surface area (Å²) in [6.45, 7) is 10.0. The molecule has 0 spiro atoms. The summed E-state index contributed by atoms with van der Waals surface area (Å²) in [7, 11) is -3.89. The Balaban J connectivity index is 1.26. The molecule has 11 nitrogen and oxygen atoms in total. The smallest absolute Gasteiger partial charge is 0.412 e. The second-order valence-electron chi connectivity index (χ2n) is 13.0. The van der Waals surface area contributed by atoms with Gasteiger partial charge in [-0.25, -0.2) is 27.2 Å². The molecule has 0 aliphatic heterocycles. The Hall–Kier alpha value is -4.94. The fourth-order valence-corrected chi connectivity index (χ4v) is 6.40. The number of ether oxygens (including phenoxy) is 1. The van der Waals surface area contributed by atoms with Gasteiger partial charge < -0.3 is 15.4 Å². The molecule has 2 heterocycles. The Morgan fingerprint density at radius 2 is 1.56 bits per heavy atom. The normalized spacial score (nSPS) is 12.0. The first-order valence-electron chi connectivity index (χ1n) is 15.2. The minimum absolute atomic E-state index is 0.162. The number of anilines is 2. The van der Waals surface area contributed by atoms with Gasteiger partial charge in [0.05, 0.1) is 27.3 Å². The highest BCUT2D eigenvalue weighted by atomic mass is 35.5. The number of carbonyl (C=O) groups excluding carboxylic acids is 2. The van der Waals surface area contributed by atoms with Gasteiger partial charge in [-0.15, -0.1) is 0 Å². The van der Waals surface area contributed by atoms with Crippen LogP contribution < -0.4 is 16.0 Å². The number of carbonyl (C=O) groups is 2. The lowest BCUT2D eigenvalue weighted by Gasteiger charge is -2.25. The maximum absolute atomic E-state index is 13.6. The van der Waals surface area contributed by atoms with Crippen molar-refractivity contribution in [1.82, 2.24) is 19.3 Å². The van der Waals surface area contributed by atoms with Crippen LogP contribution in [0, 0.1) is 5.41 Å². The predicted molar refractivity (Wildman–Crippen MR) is 188 cm³/mol. The van der Waals surface area contributed by atoms with Gasteiger partial charge in [0, 0.05) is 41.5 Å². The third-order valence-electron chi connectivity index (χ3n) is 7.22. The summed E-state index contributed by atoms with van der Waals surface area (Å²) in [5, 5.41) is 9.76. The molecule has 13 heteroatoms. The maximum atomic E-state index is 13.6. The van der Waals surface area contributed by atoms with Gasteiger partial charge in [0.25, 0.3) is 15.9 Å². The van der Waals surface area contributed by atoms with E-state index in [1.165, 1.54) is 16.4 Å². The number of nitrogens with one attached hydrogen (secondary N) is 3. The van der Waals surface area contributed by atoms with Crippen molar-refractivity contribution in [3.05, 3.63) is 102 Å². The molecule has 3 N–H and O–H groups in total. The number of fused-ring (bicyclic) bond motifs is 1. The van der Waals surface area contributed by atoms with Crippen molar-refractivity contribution < 1.29 is 22.7 Å². The summed E-state index contributed by atoms with van der Waals surface area (Å²) in [4.78, 5) is 34.0. The van der Waals surface area contributed by atoms with Gasteiger partial charge in [-0.1, -0.05) is 61.8 Å². The molecule has 0 aliphatic carbocycles. The van der Waals surface area contributed by atoms with E-state index in [2.05, 4.69) is 25.9 Å². The predicted octanol–water partition coefficient (Wildman–Crippen LogP) is 7.20. The Kier molecular flexibility index (Phi) is 9.79. The van der Waals surface area contributed by atoms with Crippen molar-refractivity contribution >= 4 is 56.2 Å². The zero-order valence-corrected chi connectivity index (χ0v) is 28.8. The fourth-order valence-electron chi connectivity index (χ4n) is 4.81. The molecule has 2 amide bonds. The van der Waals surface area contributed by atoms with Gasteiger partial charge in [0.1, 0.15) is 5.60 Å². The first-order valence-corrected chi connectivity index (χ1v) is 17.0. The monoisotopic (exact) mass is 688 g/mol. The molecule has 3 aromatic carbocycles. The van der Waals surface area contributed by atoms with Crippen molar-refractivity contribution in [3.8, 4) is 11.3 Å². The number of aromatic nitrogens is 3. The van der Waals surface area contributed by atoms with E-state index in [4.69, 9.17) is 16.3 Å². The van der Waals surface area contributed by atoms with Crippen LogP contribution in [0.5, 0.6) is 0 Å². The third kappa shape index (κ3) is 8.12. The summed E-state index contributed by atoms with van der Waals surface area (Å²) in [5.41, 5.74) is 1.32. The number of benzene rings is 3. The van der Waals surface area contributed by atoms with Crippen molar-refractivity contribution in [2.75, 3.05) is 23.7 Å². The third-order valence-corrected chi connectivity index (χ3v) is 9.19. The summed E-state index contributed by atoms with van der Waals surface area (Å²) in [6, 6.07) is 21.9. The second kappa shape index (κ2) is 13.7. The van der Waals surface area contributed by atoms with Crippen molar-refractivity contribution in [1.29, 1.82) is 0 Å². The molecular weight excluding hydrogens is 652 g/mol. The van der Waals surface area contributed by atoms with Gasteiger partial charge in [-0.3, -0.25) is 10.1 Å². The molecule has 0 fully saturated rings. The molecule has 250 valence electrons. The van der Waals surface area contributed by atoms with Crippen LogP contribution in [0.3, 0.4) is 0 Å². The van der Waals surface area contributed by atoms with Crippen LogP contribution in [0.4, 0.5) is 16.4 Å². The van der Waals surface area contributed by atoms with Crippen LogP contribution in [0.15, 0.2) is 96.2 Å². The molecule has 5 aromatic rings. The highest BCUT2D eigenvalue weighted by Gasteiger charge is 2.24. The molecule has 5 rings (SSSR count). The minimum Gasteiger partial charge on any atom is -0.444 e. The molecule has 0 saturated carbocycles. The second-order valence-corrected chi connectivity index (χ2v) is 15.2. The molecule has 0 bridgehead atoms. The number of nitrogens with zero attached hydrogens (tertiary/aromatic N) is 3. The Labute approximate surface area is 284 Å². The molecular formula is C35H37ClN6O5S. The highest BCUT2D eigenvalue weighted by molar-refractivity contribution is 7.90. The number of hydrogen-bond acceptors (Lipinski definition) is 8. The minimum atomic E-state index is -3.89. The lowest BCUT2D eigenvalue weighted by atomic mass is 9.93. The molecule has 0 atom stereocenters. The van der Waals surface area contributed by atoms with Crippen LogP contribution in [0.2, 0.25) is 5.02 Å². The van der Waals surface area contributed by atoms with Crippen LogP contribution in [0.1, 0.15) is 45.0 Å². The fraction of sp³-hybridized carbons (Fsp3) is 0.257. The summed E-state index contributed by atoms with van der Waals surface area (Å²) >= 11 is 6.58. The van der Waals surface area contributed by atoms with Crippen molar-refractivity contribution in [2.24, 2.45) is 5.41 Å². The van der Waals surface area contributed by atoms with E-state index in [-0.39, 0.29) is 15.8 Å². The summed E-state index contributed by atoms with van der Waals surface area (Å²) in [5.74, 6) is 0.0309. The first-order chi connectivity index (χ1) is 22.6. The molecule has 0 aliphatic rings. The molecule has 2 aromatic heterocycles. The van der Waals surface area contributed by atoms with Gasteiger partial charge in [0.15, 0.2) is 0 Å². The van der Waals surface area contributed by atoms with E-state index in [0.717, 1.165) is 0 Å². The standard InChI is InChI=1S/C35H37ClN6O5S/c1-34(2,3)47-33(44)40-24-17-15-23(16-18-24)31(43)38-21-35(4,5)22-39-32-37-19-28(36)30(41-32)27-20-42(29-14-10-9-13-26(27)29)48(45,46)25-11-7-6-8-12-25/h6-20H,21-22H2,1-5H3,(H,38,43)(H,40,44)(H,37,39,41). The van der Waals surface area contributed by atoms with Gasteiger partial charge in [-0.05, 0) is 68.7 Å². The molecule has 0 unspecified atom stereocenters. The highest BCUT2D eigenvalue weighted by Crippen LogP contribution is 2.35. The lowest BCUT2D eigenvalue weighted by Crippen LogP contribution is -2.38. The largest absolute Gasteiger partial charge is 0.444 e. The summed E-state index contributed by atoms with van der Waals surface area (Å²) < 4.78 is 33.7. The maximum Gasteiger partial charge on any atom is 0.412 e. The van der Waals surface area contributed by atoms with Crippen molar-refractivity contribution in [3.63, 3.8) is 0 Å². The van der Waals surface area contributed by atoms with Gasteiger partial charge >= 0.3 is 6.09 Å². The average molecular weight is 689 g/mol. The Morgan fingerprint density at radius 1 is 0.896 bits per heavy atom.